The molecule has 0 fully saturated rings. The van der Waals surface area contributed by atoms with Gasteiger partial charge in [-0.3, -0.25) is 0 Å². The molecule has 0 amide bonds. The van der Waals surface area contributed by atoms with Crippen molar-refractivity contribution in [1.82, 2.24) is 0 Å². The number of hydrogen-bond acceptors (Lipinski definition) is 0. The van der Waals surface area contributed by atoms with Crippen LogP contribution < -0.4 is 0 Å². The summed E-state index contributed by atoms with van der Waals surface area (Å²) in [5.41, 5.74) is 6.02. The predicted octanol–water partition coefficient (Wildman–Crippen LogP) is 7.56. The quantitative estimate of drug-likeness (QED) is 0.470. The molecular weight excluding hydrogens is 264 g/mol. The van der Waals surface area contributed by atoms with Gasteiger partial charge in [0.2, 0.25) is 0 Å². The molecule has 0 bridgehead atoms. The van der Waals surface area contributed by atoms with Crippen LogP contribution in [0.1, 0.15) is 74.7 Å². The maximum absolute atomic E-state index is 2.36. The molecule has 0 saturated heterocycles. The zero-order chi connectivity index (χ0) is 17.2. The van der Waals surface area contributed by atoms with E-state index in [4.69, 9.17) is 0 Å². The molecule has 1 aliphatic carbocycles. The van der Waals surface area contributed by atoms with Gasteiger partial charge in [-0.25, -0.2) is 0 Å². The SMILES string of the molecule is C/C=C(C)/C=C/C=C(C)/C=C/C1=C(C)CCCC1(C)C.CC. The third-order valence-corrected chi connectivity index (χ3v) is 4.23. The van der Waals surface area contributed by atoms with Crippen LogP contribution in [0.3, 0.4) is 0 Å². The van der Waals surface area contributed by atoms with Crippen molar-refractivity contribution >= 4 is 0 Å². The topological polar surface area (TPSA) is 0 Å². The predicted molar refractivity (Wildman–Crippen MR) is 103 cm³/mol. The summed E-state index contributed by atoms with van der Waals surface area (Å²) in [6.07, 6.45) is 17.0. The van der Waals surface area contributed by atoms with E-state index in [0.29, 0.717) is 5.41 Å². The third-order valence-electron chi connectivity index (χ3n) is 4.23. The Morgan fingerprint density at radius 1 is 1.05 bits per heavy atom. The molecule has 1 aliphatic rings. The second kappa shape index (κ2) is 10.4. The first-order valence-electron chi connectivity index (χ1n) is 8.73. The highest BCUT2D eigenvalue weighted by molar-refractivity contribution is 5.37. The number of allylic oxidation sites excluding steroid dienone is 10. The van der Waals surface area contributed by atoms with Crippen molar-refractivity contribution in [3.05, 3.63) is 58.7 Å². The zero-order valence-electron chi connectivity index (χ0n) is 16.1. The van der Waals surface area contributed by atoms with Gasteiger partial charge in [0.05, 0.1) is 0 Å². The summed E-state index contributed by atoms with van der Waals surface area (Å²) in [7, 11) is 0. The fourth-order valence-electron chi connectivity index (χ4n) is 2.73. The molecule has 0 N–H and O–H groups in total. The Bertz CT molecular complexity index is 476. The van der Waals surface area contributed by atoms with Gasteiger partial charge in [-0.05, 0) is 57.9 Å². The highest BCUT2D eigenvalue weighted by Gasteiger charge is 2.26. The molecule has 124 valence electrons. The van der Waals surface area contributed by atoms with Gasteiger partial charge in [-0.2, -0.15) is 0 Å². The van der Waals surface area contributed by atoms with Gasteiger partial charge < -0.3 is 0 Å². The minimum atomic E-state index is 0.330. The van der Waals surface area contributed by atoms with Crippen LogP contribution in [0.25, 0.3) is 0 Å². The van der Waals surface area contributed by atoms with Crippen LogP contribution in [0.2, 0.25) is 0 Å². The summed E-state index contributed by atoms with van der Waals surface area (Å²) < 4.78 is 0. The molecule has 0 aromatic carbocycles. The summed E-state index contributed by atoms with van der Waals surface area (Å²) in [6, 6.07) is 0. The van der Waals surface area contributed by atoms with Crippen molar-refractivity contribution in [2.45, 2.75) is 74.7 Å². The van der Waals surface area contributed by atoms with Crippen LogP contribution in [0, 0.1) is 5.41 Å². The highest BCUT2D eigenvalue weighted by Crippen LogP contribution is 2.40. The van der Waals surface area contributed by atoms with E-state index in [1.54, 1.807) is 5.57 Å². The molecule has 0 nitrogen and oxygen atoms in total. The Balaban J connectivity index is 0.00000211. The number of rotatable bonds is 4. The summed E-state index contributed by atoms with van der Waals surface area (Å²) >= 11 is 0. The maximum Gasteiger partial charge on any atom is -0.0104 e. The van der Waals surface area contributed by atoms with Crippen molar-refractivity contribution < 1.29 is 0 Å². The Labute approximate surface area is 139 Å². The fraction of sp³-hybridized carbons (Fsp3) is 0.545. The van der Waals surface area contributed by atoms with Crippen LogP contribution in [0.15, 0.2) is 58.7 Å². The monoisotopic (exact) mass is 300 g/mol. The summed E-state index contributed by atoms with van der Waals surface area (Å²) in [5.74, 6) is 0. The van der Waals surface area contributed by atoms with E-state index in [0.717, 1.165) is 0 Å². The Morgan fingerprint density at radius 3 is 2.23 bits per heavy atom. The Kier molecular flexibility index (Phi) is 9.81. The molecule has 0 aromatic heterocycles. The molecule has 0 aliphatic heterocycles. The molecule has 0 aromatic rings. The molecule has 0 unspecified atom stereocenters. The average Bonchev–Trinajstić information content (AvgIpc) is 2.48. The lowest BCUT2D eigenvalue weighted by Crippen LogP contribution is -2.19. The van der Waals surface area contributed by atoms with E-state index in [9.17, 15) is 0 Å². The number of hydrogen-bond donors (Lipinski definition) is 0. The van der Waals surface area contributed by atoms with Crippen molar-refractivity contribution in [3.63, 3.8) is 0 Å². The van der Waals surface area contributed by atoms with Crippen molar-refractivity contribution in [3.8, 4) is 0 Å². The first-order chi connectivity index (χ1) is 10.4. The van der Waals surface area contributed by atoms with Gasteiger partial charge in [0.15, 0.2) is 0 Å². The third kappa shape index (κ3) is 7.11. The normalized spacial score (nSPS) is 19.6. The van der Waals surface area contributed by atoms with Gasteiger partial charge in [-0.1, -0.05) is 80.9 Å². The lowest BCUT2D eigenvalue weighted by molar-refractivity contribution is 0.377. The molecule has 0 heterocycles. The second-order valence-electron chi connectivity index (χ2n) is 6.57. The van der Waals surface area contributed by atoms with Gasteiger partial charge in [-0.15, -0.1) is 0 Å². The molecule has 22 heavy (non-hydrogen) atoms. The highest BCUT2D eigenvalue weighted by atomic mass is 14.3. The first-order valence-corrected chi connectivity index (χ1v) is 8.73. The van der Waals surface area contributed by atoms with E-state index >= 15 is 0 Å². The van der Waals surface area contributed by atoms with Crippen LogP contribution in [0.5, 0.6) is 0 Å². The largest absolute Gasteiger partial charge is 0.0847 e. The summed E-state index contributed by atoms with van der Waals surface area (Å²) in [6.45, 7) is 17.4. The first kappa shape index (κ1) is 20.7. The summed E-state index contributed by atoms with van der Waals surface area (Å²) in [5, 5.41) is 0. The van der Waals surface area contributed by atoms with Crippen molar-refractivity contribution in [2.75, 3.05) is 0 Å². The molecule has 0 saturated carbocycles. The molecule has 0 spiro atoms. The lowest BCUT2D eigenvalue weighted by atomic mass is 9.72. The minimum Gasteiger partial charge on any atom is -0.0847 e. The standard InChI is InChI=1S/C20H30.C2H6/c1-7-16(2)10-8-11-17(3)13-14-19-18(4)12-9-15-20(19,5)6;1-2/h7-8,10-11,13-14H,9,12,15H2,1-6H3;1-2H3/b10-8+,14-13+,16-7+,17-11+;. The van der Waals surface area contributed by atoms with Crippen molar-refractivity contribution in [1.29, 1.82) is 0 Å². The van der Waals surface area contributed by atoms with Crippen molar-refractivity contribution in [2.24, 2.45) is 5.41 Å². The zero-order valence-corrected chi connectivity index (χ0v) is 16.1. The molecular formula is C22H36. The minimum absolute atomic E-state index is 0.330. The van der Waals surface area contributed by atoms with Gasteiger partial charge in [0.25, 0.3) is 0 Å². The maximum atomic E-state index is 2.36. The van der Waals surface area contributed by atoms with Crippen LogP contribution in [-0.2, 0) is 0 Å². The van der Waals surface area contributed by atoms with E-state index in [2.05, 4.69) is 78.0 Å². The Morgan fingerprint density at radius 2 is 1.68 bits per heavy atom. The molecule has 0 atom stereocenters. The molecule has 0 heteroatoms. The van der Waals surface area contributed by atoms with Gasteiger partial charge in [0.1, 0.15) is 0 Å². The van der Waals surface area contributed by atoms with E-state index in [1.807, 2.05) is 13.8 Å². The van der Waals surface area contributed by atoms with E-state index in [1.165, 1.54) is 36.0 Å². The van der Waals surface area contributed by atoms with Gasteiger partial charge >= 0.3 is 0 Å². The van der Waals surface area contributed by atoms with Crippen LogP contribution >= 0.6 is 0 Å². The smallest absolute Gasteiger partial charge is 0.0104 e. The van der Waals surface area contributed by atoms with Crippen LogP contribution in [-0.4, -0.2) is 0 Å². The van der Waals surface area contributed by atoms with Crippen LogP contribution in [0.4, 0.5) is 0 Å². The molecule has 0 radical (unpaired) electrons. The summed E-state index contributed by atoms with van der Waals surface area (Å²) in [4.78, 5) is 0. The lowest BCUT2D eigenvalue weighted by Gasteiger charge is -2.32. The fourth-order valence-corrected chi connectivity index (χ4v) is 2.73. The molecule has 1 rings (SSSR count). The van der Waals surface area contributed by atoms with E-state index < -0.39 is 0 Å². The second-order valence-corrected chi connectivity index (χ2v) is 6.57. The average molecular weight is 301 g/mol. The Hall–Kier alpha value is -1.30. The van der Waals surface area contributed by atoms with E-state index in [-0.39, 0.29) is 0 Å². The van der Waals surface area contributed by atoms with Gasteiger partial charge in [0, 0.05) is 0 Å².